The number of likely N-dealkylation sites (tertiary alicyclic amines) is 1. The molecule has 2 N–H and O–H groups in total. The second-order valence-electron chi connectivity index (χ2n) is 9.63. The highest BCUT2D eigenvalue weighted by Crippen LogP contribution is 2.35. The Morgan fingerprint density at radius 1 is 1.11 bits per heavy atom. The van der Waals surface area contributed by atoms with Crippen LogP contribution < -0.4 is 20.3 Å². The minimum Gasteiger partial charge on any atom is -0.486 e. The number of piperidine rings is 1. The van der Waals surface area contributed by atoms with E-state index in [9.17, 15) is 14.3 Å². The van der Waals surface area contributed by atoms with Crippen molar-refractivity contribution in [1.29, 1.82) is 0 Å². The molecule has 36 heavy (non-hydrogen) atoms. The molecule has 0 spiro atoms. The van der Waals surface area contributed by atoms with Gasteiger partial charge in [0.05, 0.1) is 23.5 Å². The van der Waals surface area contributed by atoms with Crippen molar-refractivity contribution in [2.75, 3.05) is 32.8 Å². The van der Waals surface area contributed by atoms with Gasteiger partial charge in [-0.1, -0.05) is 0 Å². The number of benzene rings is 1. The number of aryl methyl sites for hydroxylation is 1. The Kier molecular flexibility index (Phi) is 7.16. The van der Waals surface area contributed by atoms with Crippen LogP contribution in [0.25, 0.3) is 10.9 Å². The van der Waals surface area contributed by atoms with Crippen LogP contribution in [-0.4, -0.2) is 64.6 Å². The van der Waals surface area contributed by atoms with E-state index < -0.39 is 6.10 Å². The van der Waals surface area contributed by atoms with E-state index >= 15 is 0 Å². The third-order valence-electron chi connectivity index (χ3n) is 7.42. The van der Waals surface area contributed by atoms with Gasteiger partial charge < -0.3 is 29.4 Å². The largest absolute Gasteiger partial charge is 0.486 e. The second-order valence-corrected chi connectivity index (χ2v) is 9.63. The predicted octanol–water partition coefficient (Wildman–Crippen LogP) is 2.44. The van der Waals surface area contributed by atoms with Gasteiger partial charge >= 0.3 is 0 Å². The number of hydrogen-bond acceptors (Lipinski definition) is 7. The van der Waals surface area contributed by atoms with Crippen LogP contribution in [0.3, 0.4) is 0 Å². The maximum atomic E-state index is 15.0. The lowest BCUT2D eigenvalue weighted by atomic mass is 9.88. The molecule has 3 atom stereocenters. The molecule has 1 fully saturated rings. The first-order chi connectivity index (χ1) is 17.1. The highest BCUT2D eigenvalue weighted by Gasteiger charge is 2.32. The fourth-order valence-corrected chi connectivity index (χ4v) is 5.65. The molecule has 6 rings (SSSR count). The normalized spacial score (nSPS) is 23.3. The number of aliphatic hydroxyl groups is 1. The smallest absolute Gasteiger partial charge is 0.251 e. The summed E-state index contributed by atoms with van der Waals surface area (Å²) in [5.74, 6) is 1.09. The molecule has 8 nitrogen and oxygen atoms in total. The molecule has 10 heteroatoms. The van der Waals surface area contributed by atoms with Crippen LogP contribution in [0.2, 0.25) is 0 Å². The maximum absolute atomic E-state index is 15.0. The average Bonchev–Trinajstić information content (AvgIpc) is 2.87. The van der Waals surface area contributed by atoms with Crippen molar-refractivity contribution in [1.82, 2.24) is 19.8 Å². The van der Waals surface area contributed by atoms with Gasteiger partial charge in [0.25, 0.3) is 5.56 Å². The van der Waals surface area contributed by atoms with Gasteiger partial charge in [0.15, 0.2) is 11.5 Å². The second kappa shape index (κ2) is 10.3. The fourth-order valence-electron chi connectivity index (χ4n) is 5.65. The monoisotopic (exact) mass is 516 g/mol. The predicted molar refractivity (Wildman–Crippen MR) is 136 cm³/mol. The average molecular weight is 517 g/mol. The third kappa shape index (κ3) is 4.68. The summed E-state index contributed by atoms with van der Waals surface area (Å²) in [5, 5.41) is 15.2. The Balaban J connectivity index is 0.00000267. The molecule has 2 aromatic heterocycles. The molecule has 192 valence electrons. The molecule has 0 amide bonds. The van der Waals surface area contributed by atoms with E-state index in [1.54, 1.807) is 29.0 Å². The van der Waals surface area contributed by atoms with Crippen molar-refractivity contribution >= 4 is 23.3 Å². The number of aromatic nitrogens is 2. The van der Waals surface area contributed by atoms with E-state index in [4.69, 9.17) is 9.47 Å². The van der Waals surface area contributed by atoms with Crippen LogP contribution in [0.5, 0.6) is 11.5 Å². The standard InChI is InChI=1S/C26H29FN4O4.ClH/c27-19-3-1-16-2-4-24(33)31-8-5-17(25(19)26(16)31)14-30-7-6-20(21(32)15-30)29-12-18-11-22-23(13-28-18)35-10-9-34-22;/h1-4,11,13,17,20-21,29,32H,5-10,12,14-15H2;1H/t17?,20-,21+;/m0./s1. The van der Waals surface area contributed by atoms with Crippen LogP contribution in [0.4, 0.5) is 4.39 Å². The molecule has 3 aliphatic rings. The first kappa shape index (κ1) is 25.0. The van der Waals surface area contributed by atoms with E-state index in [0.717, 1.165) is 29.6 Å². The molecular weight excluding hydrogens is 487 g/mol. The van der Waals surface area contributed by atoms with Gasteiger partial charge in [-0.05, 0) is 43.0 Å². The molecule has 3 aromatic rings. The van der Waals surface area contributed by atoms with E-state index in [1.165, 1.54) is 6.07 Å². The van der Waals surface area contributed by atoms with E-state index in [2.05, 4.69) is 15.2 Å². The fraction of sp³-hybridized carbons (Fsp3) is 0.462. The summed E-state index contributed by atoms with van der Waals surface area (Å²) in [4.78, 5) is 19.0. The highest BCUT2D eigenvalue weighted by molar-refractivity contribution is 5.85. The summed E-state index contributed by atoms with van der Waals surface area (Å²) in [5.41, 5.74) is 2.10. The van der Waals surface area contributed by atoms with E-state index in [1.807, 2.05) is 6.07 Å². The van der Waals surface area contributed by atoms with Gasteiger partial charge in [-0.3, -0.25) is 9.78 Å². The molecule has 0 bridgehead atoms. The molecule has 0 saturated carbocycles. The van der Waals surface area contributed by atoms with Crippen LogP contribution in [0.1, 0.15) is 30.0 Å². The Hall–Kier alpha value is -2.72. The number of pyridine rings is 2. The number of nitrogens with zero attached hydrogens (tertiary/aromatic N) is 3. The molecule has 0 aliphatic carbocycles. The Labute approximate surface area is 214 Å². The van der Waals surface area contributed by atoms with Gasteiger partial charge in [0, 0.05) is 55.8 Å². The lowest BCUT2D eigenvalue weighted by Gasteiger charge is -2.39. The van der Waals surface area contributed by atoms with Crippen molar-refractivity contribution < 1.29 is 19.0 Å². The van der Waals surface area contributed by atoms with Gasteiger partial charge in [0.1, 0.15) is 19.0 Å². The molecule has 1 unspecified atom stereocenters. The van der Waals surface area contributed by atoms with Gasteiger partial charge in [0.2, 0.25) is 0 Å². The third-order valence-corrected chi connectivity index (χ3v) is 7.42. The first-order valence-electron chi connectivity index (χ1n) is 12.3. The summed E-state index contributed by atoms with van der Waals surface area (Å²) in [6.45, 7) is 4.15. The number of halogens is 2. The molecule has 3 aliphatic heterocycles. The minimum absolute atomic E-state index is 0. The number of aliphatic hydroxyl groups excluding tert-OH is 1. The zero-order chi connectivity index (χ0) is 23.9. The first-order valence-corrected chi connectivity index (χ1v) is 12.3. The maximum Gasteiger partial charge on any atom is 0.251 e. The van der Waals surface area contributed by atoms with E-state index in [0.29, 0.717) is 62.9 Å². The topological polar surface area (TPSA) is 88.9 Å². The Morgan fingerprint density at radius 3 is 2.75 bits per heavy atom. The number of β-amino-alcohol motifs (C(OH)–C–C–N with tert-alkyl or cyclic N) is 1. The van der Waals surface area contributed by atoms with Crippen LogP contribution in [0.15, 0.2) is 41.3 Å². The van der Waals surface area contributed by atoms with Gasteiger partial charge in [-0.15, -0.1) is 12.4 Å². The minimum atomic E-state index is -0.542. The lowest BCUT2D eigenvalue weighted by molar-refractivity contribution is 0.0363. The summed E-state index contributed by atoms with van der Waals surface area (Å²) in [6, 6.07) is 8.40. The number of ether oxygens (including phenoxy) is 2. The van der Waals surface area contributed by atoms with Crippen molar-refractivity contribution in [3.8, 4) is 11.5 Å². The Morgan fingerprint density at radius 2 is 1.92 bits per heavy atom. The quantitative estimate of drug-likeness (QED) is 0.538. The number of nitrogens with one attached hydrogen (secondary N) is 1. The van der Waals surface area contributed by atoms with Crippen molar-refractivity contribution in [3.63, 3.8) is 0 Å². The van der Waals surface area contributed by atoms with Crippen molar-refractivity contribution in [3.05, 3.63) is 64.0 Å². The molecule has 0 radical (unpaired) electrons. The van der Waals surface area contributed by atoms with Crippen LogP contribution in [-0.2, 0) is 13.1 Å². The van der Waals surface area contributed by atoms with Crippen molar-refractivity contribution in [2.24, 2.45) is 0 Å². The number of fused-ring (bicyclic) bond motifs is 1. The zero-order valence-electron chi connectivity index (χ0n) is 19.9. The molecule has 1 aromatic carbocycles. The SMILES string of the molecule is Cl.O=c1ccc2ccc(F)c3c2n1CCC3CN1CC[C@H](NCc2cc3c(cn2)OCCO3)[C@H](O)C1. The zero-order valence-corrected chi connectivity index (χ0v) is 20.7. The van der Waals surface area contributed by atoms with E-state index in [-0.39, 0.29) is 35.7 Å². The summed E-state index contributed by atoms with van der Waals surface area (Å²) in [6.07, 6.45) is 2.62. The summed E-state index contributed by atoms with van der Waals surface area (Å²) in [7, 11) is 0. The van der Waals surface area contributed by atoms with Crippen LogP contribution >= 0.6 is 12.4 Å². The van der Waals surface area contributed by atoms with Crippen molar-refractivity contribution in [2.45, 2.75) is 44.0 Å². The number of hydrogen-bond donors (Lipinski definition) is 2. The highest BCUT2D eigenvalue weighted by atomic mass is 35.5. The molecular formula is C26H30ClFN4O4. The lowest BCUT2D eigenvalue weighted by Crippen LogP contribution is -2.53. The Bertz CT molecular complexity index is 1320. The summed E-state index contributed by atoms with van der Waals surface area (Å²) >= 11 is 0. The molecule has 1 saturated heterocycles. The number of rotatable bonds is 5. The van der Waals surface area contributed by atoms with Gasteiger partial charge in [-0.25, -0.2) is 4.39 Å². The van der Waals surface area contributed by atoms with Gasteiger partial charge in [-0.2, -0.15) is 0 Å². The van der Waals surface area contributed by atoms with Crippen LogP contribution in [0, 0.1) is 5.82 Å². The molecule has 5 heterocycles. The summed E-state index contributed by atoms with van der Waals surface area (Å²) < 4.78 is 27.8.